The van der Waals surface area contributed by atoms with Crippen LogP contribution >= 0.6 is 11.3 Å². The minimum atomic E-state index is -1.37. The number of thiazole rings is 1. The Labute approximate surface area is 199 Å². The number of anilines is 2. The molecule has 0 radical (unpaired) electrons. The Morgan fingerprint density at radius 3 is 2.68 bits per heavy atom. The predicted molar refractivity (Wildman–Crippen MR) is 127 cm³/mol. The van der Waals surface area contributed by atoms with Crippen LogP contribution in [0.1, 0.15) is 31.4 Å². The molecule has 0 aliphatic carbocycles. The van der Waals surface area contributed by atoms with E-state index in [1.54, 1.807) is 19.1 Å². The van der Waals surface area contributed by atoms with Gasteiger partial charge in [0, 0.05) is 25.1 Å². The van der Waals surface area contributed by atoms with E-state index >= 15 is 0 Å². The summed E-state index contributed by atoms with van der Waals surface area (Å²) < 4.78 is 25.3. The van der Waals surface area contributed by atoms with Gasteiger partial charge in [0.1, 0.15) is 23.2 Å². The van der Waals surface area contributed by atoms with Crippen LogP contribution in [0.3, 0.4) is 0 Å². The maximum absolute atomic E-state index is 13.1. The van der Waals surface area contributed by atoms with Gasteiger partial charge in [-0.2, -0.15) is 0 Å². The molecule has 3 aromatic rings. The average Bonchev–Trinajstić information content (AvgIpc) is 3.23. The van der Waals surface area contributed by atoms with Crippen molar-refractivity contribution in [2.24, 2.45) is 0 Å². The summed E-state index contributed by atoms with van der Waals surface area (Å²) in [5, 5.41) is 18.7. The number of ether oxygens (including phenoxy) is 2. The first-order valence-corrected chi connectivity index (χ1v) is 11.7. The van der Waals surface area contributed by atoms with Crippen molar-refractivity contribution < 1.29 is 28.6 Å². The van der Waals surface area contributed by atoms with E-state index in [-0.39, 0.29) is 6.10 Å². The lowest BCUT2D eigenvalue weighted by Gasteiger charge is -2.24. The highest BCUT2D eigenvalue weighted by Crippen LogP contribution is 2.37. The van der Waals surface area contributed by atoms with Crippen molar-refractivity contribution in [3.8, 4) is 5.75 Å². The zero-order chi connectivity index (χ0) is 24.1. The molecule has 34 heavy (non-hydrogen) atoms. The molecule has 1 aliphatic rings. The summed E-state index contributed by atoms with van der Waals surface area (Å²) in [5.74, 6) is -0.494. The van der Waals surface area contributed by atoms with Gasteiger partial charge in [0.15, 0.2) is 11.2 Å². The highest BCUT2D eigenvalue weighted by atomic mass is 32.1. The molecule has 11 heteroatoms. The SMILES string of the molecule is CCNC(=O)C(O)c1cc(OC2CCOCC2)c2nc(NC(=O)Nc3ccc(F)cc3)sc2c1. The lowest BCUT2D eigenvalue weighted by atomic mass is 10.1. The second kappa shape index (κ2) is 10.8. The summed E-state index contributed by atoms with van der Waals surface area (Å²) >= 11 is 1.18. The van der Waals surface area contributed by atoms with Crippen LogP contribution < -0.4 is 20.7 Å². The Morgan fingerprint density at radius 1 is 1.24 bits per heavy atom. The van der Waals surface area contributed by atoms with Gasteiger partial charge in [-0.05, 0) is 48.9 Å². The lowest BCUT2D eigenvalue weighted by molar-refractivity contribution is -0.129. The molecule has 1 unspecified atom stereocenters. The van der Waals surface area contributed by atoms with Crippen LogP contribution in [-0.2, 0) is 9.53 Å². The number of carbonyl (C=O) groups excluding carboxylic acids is 2. The number of fused-ring (bicyclic) bond motifs is 1. The second-order valence-corrected chi connectivity index (χ2v) is 8.73. The van der Waals surface area contributed by atoms with Crippen molar-refractivity contribution in [1.82, 2.24) is 10.3 Å². The Balaban J connectivity index is 1.60. The fraction of sp³-hybridized carbons (Fsp3) is 0.348. The zero-order valence-electron chi connectivity index (χ0n) is 18.5. The smallest absolute Gasteiger partial charge is 0.325 e. The summed E-state index contributed by atoms with van der Waals surface area (Å²) in [6.45, 7) is 3.33. The molecule has 0 bridgehead atoms. The van der Waals surface area contributed by atoms with Gasteiger partial charge in [-0.15, -0.1) is 0 Å². The first-order chi connectivity index (χ1) is 16.4. The molecule has 9 nitrogen and oxygen atoms in total. The Kier molecular flexibility index (Phi) is 7.56. The Hall–Kier alpha value is -3.28. The van der Waals surface area contributed by atoms with Crippen LogP contribution in [0.15, 0.2) is 36.4 Å². The van der Waals surface area contributed by atoms with Gasteiger partial charge in [0.2, 0.25) is 0 Å². The van der Waals surface area contributed by atoms with Crippen LogP contribution in [-0.4, -0.2) is 47.9 Å². The maximum Gasteiger partial charge on any atom is 0.325 e. The number of nitrogens with zero attached hydrogens (tertiary/aromatic N) is 1. The van der Waals surface area contributed by atoms with Crippen molar-refractivity contribution >= 4 is 44.3 Å². The molecule has 3 amide bonds. The number of hydrogen-bond donors (Lipinski definition) is 4. The second-order valence-electron chi connectivity index (χ2n) is 7.70. The third kappa shape index (κ3) is 5.79. The molecule has 1 aromatic heterocycles. The van der Waals surface area contributed by atoms with E-state index in [1.165, 1.54) is 35.6 Å². The van der Waals surface area contributed by atoms with Crippen LogP contribution in [0.4, 0.5) is 20.0 Å². The van der Waals surface area contributed by atoms with Gasteiger partial charge in [-0.25, -0.2) is 14.2 Å². The van der Waals surface area contributed by atoms with Crippen LogP contribution in [0, 0.1) is 5.82 Å². The van der Waals surface area contributed by atoms with Gasteiger partial charge in [0.05, 0.1) is 17.9 Å². The van der Waals surface area contributed by atoms with Gasteiger partial charge < -0.3 is 25.2 Å². The molecular formula is C23H25FN4O5S. The molecule has 1 saturated heterocycles. The number of carbonyl (C=O) groups is 2. The molecule has 4 rings (SSSR count). The van der Waals surface area contributed by atoms with E-state index in [9.17, 15) is 19.1 Å². The van der Waals surface area contributed by atoms with E-state index < -0.39 is 23.9 Å². The van der Waals surface area contributed by atoms with Crippen molar-refractivity contribution in [2.45, 2.75) is 32.0 Å². The van der Waals surface area contributed by atoms with E-state index in [4.69, 9.17) is 9.47 Å². The van der Waals surface area contributed by atoms with Crippen molar-refractivity contribution in [1.29, 1.82) is 0 Å². The molecule has 4 N–H and O–H groups in total. The predicted octanol–water partition coefficient (Wildman–Crippen LogP) is 3.81. The minimum absolute atomic E-state index is 0.0892. The third-order valence-corrected chi connectivity index (χ3v) is 6.10. The number of aromatic nitrogens is 1. The van der Waals surface area contributed by atoms with Crippen molar-refractivity contribution in [2.75, 3.05) is 30.4 Å². The quantitative estimate of drug-likeness (QED) is 0.401. The first kappa shape index (κ1) is 23.9. The number of aliphatic hydroxyl groups excluding tert-OH is 1. The highest BCUT2D eigenvalue weighted by Gasteiger charge is 2.23. The summed E-state index contributed by atoms with van der Waals surface area (Å²) in [6.07, 6.45) is -0.0461. The van der Waals surface area contributed by atoms with Gasteiger partial charge in [0.25, 0.3) is 5.91 Å². The van der Waals surface area contributed by atoms with Crippen molar-refractivity contribution in [3.63, 3.8) is 0 Å². The number of aliphatic hydroxyl groups is 1. The molecule has 0 saturated carbocycles. The highest BCUT2D eigenvalue weighted by molar-refractivity contribution is 7.22. The molecule has 2 heterocycles. The van der Waals surface area contributed by atoms with Gasteiger partial charge in [-0.1, -0.05) is 11.3 Å². The normalized spacial score (nSPS) is 15.0. The van der Waals surface area contributed by atoms with E-state index in [0.717, 1.165) is 0 Å². The van der Waals surface area contributed by atoms with E-state index in [0.29, 0.717) is 64.9 Å². The molecule has 1 fully saturated rings. The zero-order valence-corrected chi connectivity index (χ0v) is 19.3. The van der Waals surface area contributed by atoms with Gasteiger partial charge in [-0.3, -0.25) is 10.1 Å². The monoisotopic (exact) mass is 488 g/mol. The third-order valence-electron chi connectivity index (χ3n) is 5.18. The average molecular weight is 489 g/mol. The summed E-state index contributed by atoms with van der Waals surface area (Å²) in [4.78, 5) is 29.1. The summed E-state index contributed by atoms with van der Waals surface area (Å²) in [5.41, 5.74) is 1.31. The number of hydrogen-bond acceptors (Lipinski definition) is 7. The fourth-order valence-corrected chi connectivity index (χ4v) is 4.44. The number of urea groups is 1. The minimum Gasteiger partial charge on any atom is -0.488 e. The first-order valence-electron chi connectivity index (χ1n) is 10.9. The number of nitrogens with one attached hydrogen (secondary N) is 3. The molecule has 1 aliphatic heterocycles. The Morgan fingerprint density at radius 2 is 1.97 bits per heavy atom. The number of benzene rings is 2. The van der Waals surface area contributed by atoms with Crippen molar-refractivity contribution in [3.05, 3.63) is 47.8 Å². The van der Waals surface area contributed by atoms with Gasteiger partial charge >= 0.3 is 6.03 Å². The Bertz CT molecular complexity index is 1160. The fourth-order valence-electron chi connectivity index (χ4n) is 3.51. The molecule has 1 atom stereocenters. The molecule has 180 valence electrons. The topological polar surface area (TPSA) is 122 Å². The molecule has 2 aromatic carbocycles. The number of amides is 3. The molecule has 0 spiro atoms. The molecular weight excluding hydrogens is 463 g/mol. The summed E-state index contributed by atoms with van der Waals surface area (Å²) in [6, 6.07) is 8.11. The maximum atomic E-state index is 13.1. The standard InChI is InChI=1S/C23H25FN4O5S/c1-2-25-21(30)20(29)13-11-17(33-16-7-9-32-10-8-16)19-18(12-13)34-23(27-19)28-22(31)26-15-5-3-14(24)4-6-15/h3-6,11-12,16,20,29H,2,7-10H2,1H3,(H,25,30)(H2,26,27,28,31). The number of rotatable bonds is 7. The number of likely N-dealkylation sites (N-methyl/N-ethyl adjacent to an activating group) is 1. The lowest BCUT2D eigenvalue weighted by Crippen LogP contribution is -2.29. The van der Waals surface area contributed by atoms with Crippen LogP contribution in [0.5, 0.6) is 5.75 Å². The largest absolute Gasteiger partial charge is 0.488 e. The van der Waals surface area contributed by atoms with Crippen LogP contribution in [0.2, 0.25) is 0 Å². The van der Waals surface area contributed by atoms with E-state index in [1.807, 2.05) is 0 Å². The van der Waals surface area contributed by atoms with Crippen LogP contribution in [0.25, 0.3) is 10.2 Å². The number of halogens is 1. The van der Waals surface area contributed by atoms with E-state index in [2.05, 4.69) is 20.9 Å². The summed E-state index contributed by atoms with van der Waals surface area (Å²) in [7, 11) is 0.